The van der Waals surface area contributed by atoms with E-state index in [-0.39, 0.29) is 16.1 Å². The molecule has 0 radical (unpaired) electrons. The number of rotatable bonds is 3. The van der Waals surface area contributed by atoms with E-state index in [4.69, 9.17) is 0 Å². The van der Waals surface area contributed by atoms with Crippen LogP contribution in [0.25, 0.3) is 11.0 Å². The number of benzene rings is 1. The summed E-state index contributed by atoms with van der Waals surface area (Å²) in [5, 5.41) is 0.473. The molecule has 1 amide bonds. The summed E-state index contributed by atoms with van der Waals surface area (Å²) in [4.78, 5) is 23.2. The van der Waals surface area contributed by atoms with Gasteiger partial charge in [0.15, 0.2) is 0 Å². The zero-order chi connectivity index (χ0) is 20.0. The van der Waals surface area contributed by atoms with Crippen molar-refractivity contribution in [2.45, 2.75) is 21.5 Å². The van der Waals surface area contributed by atoms with E-state index in [0.717, 1.165) is 6.42 Å². The first kappa shape index (κ1) is 18.7. The molecule has 150 valence electrons. The molecule has 2 aliphatic heterocycles. The Kier molecular flexibility index (Phi) is 4.60. The maximum Gasteiger partial charge on any atom is 0.245 e. The molecule has 7 nitrogen and oxygen atoms in total. The summed E-state index contributed by atoms with van der Waals surface area (Å²) in [7, 11) is -3.64. The number of amides is 1. The van der Waals surface area contributed by atoms with Gasteiger partial charge in [0.2, 0.25) is 15.9 Å². The van der Waals surface area contributed by atoms with Crippen LogP contribution < -0.4 is 0 Å². The Bertz CT molecular complexity index is 1160. The molecular weight excluding hydrogens is 408 g/mol. The number of aromatic amines is 1. The van der Waals surface area contributed by atoms with E-state index in [0.29, 0.717) is 37.2 Å². The average molecular weight is 429 g/mol. The van der Waals surface area contributed by atoms with Crippen molar-refractivity contribution in [3.05, 3.63) is 54.4 Å². The highest BCUT2D eigenvalue weighted by Crippen LogP contribution is 2.37. The second-order valence-corrected chi connectivity index (χ2v) is 10.4. The lowest BCUT2D eigenvalue weighted by Gasteiger charge is -2.35. The molecule has 2 aliphatic rings. The Morgan fingerprint density at radius 3 is 2.69 bits per heavy atom. The van der Waals surface area contributed by atoms with E-state index >= 15 is 0 Å². The molecule has 9 heteroatoms. The van der Waals surface area contributed by atoms with Gasteiger partial charge in [0.1, 0.15) is 10.5 Å². The number of carbonyl (C=O) groups is 1. The molecule has 3 aromatic rings. The zero-order valence-electron chi connectivity index (χ0n) is 15.6. The third-order valence-electron chi connectivity index (χ3n) is 5.50. The van der Waals surface area contributed by atoms with Crippen LogP contribution in [0.1, 0.15) is 5.56 Å². The van der Waals surface area contributed by atoms with Gasteiger partial charge in [0, 0.05) is 48.9 Å². The van der Waals surface area contributed by atoms with Gasteiger partial charge in [-0.15, -0.1) is 11.8 Å². The summed E-state index contributed by atoms with van der Waals surface area (Å²) in [5.74, 6) is 0.0968. The summed E-state index contributed by atoms with van der Waals surface area (Å²) < 4.78 is 27.7. The molecule has 0 bridgehead atoms. The second kappa shape index (κ2) is 7.16. The molecule has 29 heavy (non-hydrogen) atoms. The van der Waals surface area contributed by atoms with Crippen molar-refractivity contribution in [3.63, 3.8) is 0 Å². The molecule has 1 saturated heterocycles. The minimum atomic E-state index is -3.64. The number of thioether (sulfide) groups is 1. The smallest absolute Gasteiger partial charge is 0.245 e. The number of piperazine rings is 1. The molecule has 1 N–H and O–H groups in total. The van der Waals surface area contributed by atoms with Gasteiger partial charge in [-0.25, -0.2) is 13.4 Å². The fraction of sp³-hybridized carbons (Fsp3) is 0.300. The monoisotopic (exact) mass is 428 g/mol. The summed E-state index contributed by atoms with van der Waals surface area (Å²) >= 11 is 1.61. The van der Waals surface area contributed by atoms with Crippen molar-refractivity contribution >= 4 is 38.7 Å². The second-order valence-electron chi connectivity index (χ2n) is 7.20. The Hall–Kier alpha value is -2.36. The molecule has 0 saturated carbocycles. The fourth-order valence-corrected chi connectivity index (χ4v) is 6.81. The Morgan fingerprint density at radius 2 is 1.90 bits per heavy atom. The first-order chi connectivity index (χ1) is 14.0. The maximum atomic E-state index is 13.1. The highest BCUT2D eigenvalue weighted by atomic mass is 32.2. The summed E-state index contributed by atoms with van der Waals surface area (Å²) in [6.45, 7) is 1.41. The van der Waals surface area contributed by atoms with E-state index < -0.39 is 10.0 Å². The quantitative estimate of drug-likeness (QED) is 0.691. The van der Waals surface area contributed by atoms with Crippen LogP contribution in [0.5, 0.6) is 0 Å². The van der Waals surface area contributed by atoms with Crippen molar-refractivity contribution in [1.82, 2.24) is 19.2 Å². The molecule has 5 rings (SSSR count). The van der Waals surface area contributed by atoms with E-state index in [1.807, 2.05) is 18.2 Å². The molecule has 0 spiro atoms. The van der Waals surface area contributed by atoms with E-state index in [1.165, 1.54) is 21.0 Å². The number of fused-ring (bicyclic) bond motifs is 2. The maximum absolute atomic E-state index is 13.1. The van der Waals surface area contributed by atoms with E-state index in [2.05, 4.69) is 16.0 Å². The third kappa shape index (κ3) is 3.23. The fourth-order valence-electron chi connectivity index (χ4n) is 3.96. The van der Waals surface area contributed by atoms with Crippen LogP contribution in [-0.4, -0.2) is 64.9 Å². The van der Waals surface area contributed by atoms with Gasteiger partial charge < -0.3 is 9.88 Å². The van der Waals surface area contributed by atoms with Crippen molar-refractivity contribution in [2.75, 3.05) is 26.2 Å². The Balaban J connectivity index is 1.27. The third-order valence-corrected chi connectivity index (χ3v) is 8.75. The number of nitrogens with zero attached hydrogens (tertiary/aromatic N) is 3. The van der Waals surface area contributed by atoms with Crippen LogP contribution >= 0.6 is 11.8 Å². The first-order valence-electron chi connectivity index (χ1n) is 9.49. The van der Waals surface area contributed by atoms with Crippen molar-refractivity contribution < 1.29 is 13.2 Å². The molecule has 2 aromatic heterocycles. The predicted octanol–water partition coefficient (Wildman–Crippen LogP) is 2.11. The van der Waals surface area contributed by atoms with Crippen LogP contribution in [0.4, 0.5) is 0 Å². The van der Waals surface area contributed by atoms with Gasteiger partial charge in [-0.1, -0.05) is 18.2 Å². The van der Waals surface area contributed by atoms with Gasteiger partial charge in [0.05, 0.1) is 5.25 Å². The minimum absolute atomic E-state index is 0.0968. The molecule has 1 fully saturated rings. The number of hydrogen-bond donors (Lipinski definition) is 1. The van der Waals surface area contributed by atoms with Crippen molar-refractivity contribution in [1.29, 1.82) is 0 Å². The summed E-state index contributed by atoms with van der Waals surface area (Å²) in [6.07, 6.45) is 3.86. The number of hydrogen-bond acceptors (Lipinski definition) is 5. The molecule has 1 atom stereocenters. The summed E-state index contributed by atoms with van der Waals surface area (Å²) in [6, 6.07) is 11.6. The van der Waals surface area contributed by atoms with E-state index in [1.54, 1.807) is 35.0 Å². The van der Waals surface area contributed by atoms with Crippen LogP contribution in [0.3, 0.4) is 0 Å². The lowest BCUT2D eigenvalue weighted by molar-refractivity contribution is -0.131. The molecule has 0 aliphatic carbocycles. The molecule has 1 unspecified atom stereocenters. The van der Waals surface area contributed by atoms with Gasteiger partial charge in [-0.3, -0.25) is 4.79 Å². The highest BCUT2D eigenvalue weighted by Gasteiger charge is 2.36. The minimum Gasteiger partial charge on any atom is -0.345 e. The lowest BCUT2D eigenvalue weighted by atomic mass is 10.1. The first-order valence-corrected chi connectivity index (χ1v) is 11.8. The van der Waals surface area contributed by atoms with Gasteiger partial charge in [-0.2, -0.15) is 4.31 Å². The largest absolute Gasteiger partial charge is 0.345 e. The SMILES string of the molecule is O=C(C1Cc2ccccc2S1)N1CCN(S(=O)(=O)c2c[nH]c3ncccc23)CC1. The summed E-state index contributed by atoms with van der Waals surface area (Å²) in [5.41, 5.74) is 1.77. The topological polar surface area (TPSA) is 86.4 Å². The zero-order valence-corrected chi connectivity index (χ0v) is 17.2. The number of carbonyl (C=O) groups excluding carboxylic acids is 1. The number of nitrogens with one attached hydrogen (secondary N) is 1. The lowest BCUT2D eigenvalue weighted by Crippen LogP contribution is -2.52. The van der Waals surface area contributed by atoms with Crippen LogP contribution in [-0.2, 0) is 21.2 Å². The number of sulfonamides is 1. The average Bonchev–Trinajstić information content (AvgIpc) is 3.38. The standard InChI is InChI=1S/C20H20N4O3S2/c25-20(17-12-14-4-1-2-6-16(14)28-17)23-8-10-24(11-9-23)29(26,27)18-13-22-19-15(18)5-3-7-21-19/h1-7,13,17H,8-12H2,(H,21,22). The van der Waals surface area contributed by atoms with Crippen LogP contribution in [0, 0.1) is 0 Å². The normalized spacial score (nSPS) is 20.1. The Morgan fingerprint density at radius 1 is 1.10 bits per heavy atom. The van der Waals surface area contributed by atoms with Crippen molar-refractivity contribution in [3.8, 4) is 0 Å². The Labute approximate surface area is 173 Å². The van der Waals surface area contributed by atoms with Gasteiger partial charge >= 0.3 is 0 Å². The molecule has 4 heterocycles. The van der Waals surface area contributed by atoms with Crippen LogP contribution in [0.2, 0.25) is 0 Å². The number of H-pyrrole nitrogens is 1. The van der Waals surface area contributed by atoms with Crippen molar-refractivity contribution in [2.24, 2.45) is 0 Å². The van der Waals surface area contributed by atoms with E-state index in [9.17, 15) is 13.2 Å². The number of aromatic nitrogens is 2. The molecular formula is C20H20N4O3S2. The highest BCUT2D eigenvalue weighted by molar-refractivity contribution is 8.01. The number of pyridine rings is 1. The van der Waals surface area contributed by atoms with Gasteiger partial charge in [0.25, 0.3) is 0 Å². The van der Waals surface area contributed by atoms with Crippen LogP contribution in [0.15, 0.2) is 58.6 Å². The predicted molar refractivity (Wildman–Crippen MR) is 111 cm³/mol. The molecule has 1 aromatic carbocycles. The van der Waals surface area contributed by atoms with Gasteiger partial charge in [-0.05, 0) is 30.2 Å².